The van der Waals surface area contributed by atoms with E-state index in [1.54, 1.807) is 9.80 Å². The average Bonchev–Trinajstić information content (AvgIpc) is 3.12. The second kappa shape index (κ2) is 9.73. The van der Waals surface area contributed by atoms with Crippen LogP contribution in [0.2, 0.25) is 0 Å². The molecule has 0 aromatic heterocycles. The maximum absolute atomic E-state index is 12.6. The summed E-state index contributed by atoms with van der Waals surface area (Å²) in [6.07, 6.45) is 1.10. The molecule has 0 radical (unpaired) electrons. The largest absolute Gasteiger partial charge is 0.449 e. The fourth-order valence-corrected chi connectivity index (χ4v) is 3.53. The lowest BCUT2D eigenvalue weighted by atomic mass is 10.2. The van der Waals surface area contributed by atoms with Crippen molar-refractivity contribution in [2.45, 2.75) is 26.7 Å². The van der Waals surface area contributed by atoms with Crippen LogP contribution in [0.4, 0.5) is 16.2 Å². The van der Waals surface area contributed by atoms with Crippen LogP contribution in [0.1, 0.15) is 26.7 Å². The van der Waals surface area contributed by atoms with Crippen LogP contribution in [0.5, 0.6) is 0 Å². The van der Waals surface area contributed by atoms with E-state index in [0.717, 1.165) is 12.1 Å². The van der Waals surface area contributed by atoms with Gasteiger partial charge in [-0.3, -0.25) is 14.5 Å². The van der Waals surface area contributed by atoms with Gasteiger partial charge in [0.25, 0.3) is 0 Å². The lowest BCUT2D eigenvalue weighted by molar-refractivity contribution is -0.118. The molecule has 1 aromatic rings. The molecule has 2 heterocycles. The number of para-hydroxylation sites is 2. The van der Waals surface area contributed by atoms with Gasteiger partial charge < -0.3 is 19.9 Å². The fourth-order valence-electron chi connectivity index (χ4n) is 3.53. The molecular formula is C21H30N4O4. The molecule has 0 spiro atoms. The Morgan fingerprint density at radius 1 is 1.10 bits per heavy atom. The Hall–Kier alpha value is -2.61. The van der Waals surface area contributed by atoms with Gasteiger partial charge in [-0.15, -0.1) is 0 Å². The SMILES string of the molecule is CC(C)COC(=O)N1CCN(CC(=O)Nc2ccccc2N2CCCC2=O)CC1. The summed E-state index contributed by atoms with van der Waals surface area (Å²) in [4.78, 5) is 42.1. The van der Waals surface area contributed by atoms with E-state index in [1.807, 2.05) is 43.0 Å². The van der Waals surface area contributed by atoms with Crippen molar-refractivity contribution in [3.05, 3.63) is 24.3 Å². The Morgan fingerprint density at radius 3 is 2.48 bits per heavy atom. The van der Waals surface area contributed by atoms with E-state index in [-0.39, 0.29) is 24.5 Å². The molecule has 3 amide bonds. The maximum Gasteiger partial charge on any atom is 0.409 e. The predicted octanol–water partition coefficient (Wildman–Crippen LogP) is 2.16. The van der Waals surface area contributed by atoms with Crippen molar-refractivity contribution < 1.29 is 19.1 Å². The second-order valence-corrected chi connectivity index (χ2v) is 7.95. The molecule has 2 saturated heterocycles. The van der Waals surface area contributed by atoms with Gasteiger partial charge in [-0.1, -0.05) is 26.0 Å². The van der Waals surface area contributed by atoms with Gasteiger partial charge in [0.05, 0.1) is 24.5 Å². The lowest BCUT2D eigenvalue weighted by Crippen LogP contribution is -2.50. The first kappa shape index (κ1) is 21.1. The van der Waals surface area contributed by atoms with Gasteiger partial charge in [0.1, 0.15) is 0 Å². The zero-order valence-electron chi connectivity index (χ0n) is 17.2. The smallest absolute Gasteiger partial charge is 0.409 e. The van der Waals surface area contributed by atoms with Crippen LogP contribution in [0, 0.1) is 5.92 Å². The number of amides is 3. The summed E-state index contributed by atoms with van der Waals surface area (Å²) in [6, 6.07) is 7.40. The van der Waals surface area contributed by atoms with Gasteiger partial charge >= 0.3 is 6.09 Å². The molecule has 2 aliphatic rings. The molecule has 2 fully saturated rings. The first-order valence-electron chi connectivity index (χ1n) is 10.3. The van der Waals surface area contributed by atoms with Crippen LogP contribution in [0.3, 0.4) is 0 Å². The van der Waals surface area contributed by atoms with E-state index in [2.05, 4.69) is 5.32 Å². The fraction of sp³-hybridized carbons (Fsp3) is 0.571. The van der Waals surface area contributed by atoms with Crippen molar-refractivity contribution in [3.63, 3.8) is 0 Å². The van der Waals surface area contributed by atoms with Crippen LogP contribution >= 0.6 is 0 Å². The molecule has 0 saturated carbocycles. The van der Waals surface area contributed by atoms with E-state index in [9.17, 15) is 14.4 Å². The Balaban J connectivity index is 1.49. The number of benzene rings is 1. The Morgan fingerprint density at radius 2 is 1.83 bits per heavy atom. The van der Waals surface area contributed by atoms with Crippen LogP contribution in [0.25, 0.3) is 0 Å². The van der Waals surface area contributed by atoms with Crippen molar-refractivity contribution in [2.75, 3.05) is 56.1 Å². The number of ether oxygens (including phenoxy) is 1. The summed E-state index contributed by atoms with van der Waals surface area (Å²) in [7, 11) is 0. The van der Waals surface area contributed by atoms with E-state index in [4.69, 9.17) is 4.74 Å². The van der Waals surface area contributed by atoms with E-state index in [1.165, 1.54) is 0 Å². The van der Waals surface area contributed by atoms with E-state index < -0.39 is 0 Å². The number of nitrogens with zero attached hydrogens (tertiary/aromatic N) is 3. The minimum Gasteiger partial charge on any atom is -0.449 e. The summed E-state index contributed by atoms with van der Waals surface area (Å²) in [5.74, 6) is 0.273. The third-order valence-corrected chi connectivity index (χ3v) is 5.08. The van der Waals surface area contributed by atoms with Gasteiger partial charge in [-0.25, -0.2) is 4.79 Å². The average molecular weight is 402 g/mol. The topological polar surface area (TPSA) is 82.2 Å². The highest BCUT2D eigenvalue weighted by molar-refractivity contribution is 6.02. The van der Waals surface area contributed by atoms with Crippen molar-refractivity contribution in [2.24, 2.45) is 5.92 Å². The third-order valence-electron chi connectivity index (χ3n) is 5.08. The molecule has 2 aliphatic heterocycles. The number of hydrogen-bond donors (Lipinski definition) is 1. The molecule has 8 heteroatoms. The Labute approximate surface area is 171 Å². The molecule has 29 heavy (non-hydrogen) atoms. The first-order valence-corrected chi connectivity index (χ1v) is 10.3. The normalized spacial score (nSPS) is 17.7. The number of carbonyl (C=O) groups excluding carboxylic acids is 3. The molecule has 0 aliphatic carbocycles. The summed E-state index contributed by atoms with van der Waals surface area (Å²) in [5.41, 5.74) is 1.41. The highest BCUT2D eigenvalue weighted by atomic mass is 16.6. The Kier molecular flexibility index (Phi) is 7.09. The monoisotopic (exact) mass is 402 g/mol. The van der Waals surface area contributed by atoms with Gasteiger partial charge in [0.15, 0.2) is 0 Å². The van der Waals surface area contributed by atoms with Gasteiger partial charge in [-0.2, -0.15) is 0 Å². The van der Waals surface area contributed by atoms with Gasteiger partial charge in [0, 0.05) is 39.1 Å². The molecular weight excluding hydrogens is 372 g/mol. The number of hydrogen-bond acceptors (Lipinski definition) is 5. The second-order valence-electron chi connectivity index (χ2n) is 7.95. The van der Waals surface area contributed by atoms with E-state index >= 15 is 0 Å². The minimum atomic E-state index is -0.285. The predicted molar refractivity (Wildman–Crippen MR) is 111 cm³/mol. The Bertz CT molecular complexity index is 744. The van der Waals surface area contributed by atoms with Crippen molar-refractivity contribution in [1.29, 1.82) is 0 Å². The standard InChI is InChI=1S/C21H30N4O4/c1-16(2)15-29-21(28)24-12-10-23(11-13-24)14-19(26)22-17-6-3-4-7-18(17)25-9-5-8-20(25)27/h3-4,6-7,16H,5,8-15H2,1-2H3,(H,22,26). The van der Waals surface area contributed by atoms with Gasteiger partial charge in [-0.05, 0) is 24.5 Å². The summed E-state index contributed by atoms with van der Waals surface area (Å²) in [6.45, 7) is 7.68. The van der Waals surface area contributed by atoms with E-state index in [0.29, 0.717) is 57.4 Å². The molecule has 0 unspecified atom stereocenters. The summed E-state index contributed by atoms with van der Waals surface area (Å²) >= 11 is 0. The number of anilines is 2. The molecule has 1 aromatic carbocycles. The summed E-state index contributed by atoms with van der Waals surface area (Å²) < 4.78 is 5.27. The van der Waals surface area contributed by atoms with Gasteiger partial charge in [0.2, 0.25) is 11.8 Å². The lowest BCUT2D eigenvalue weighted by Gasteiger charge is -2.33. The minimum absolute atomic E-state index is 0.0900. The number of nitrogens with one attached hydrogen (secondary N) is 1. The molecule has 0 bridgehead atoms. The van der Waals surface area contributed by atoms with Crippen LogP contribution in [-0.2, 0) is 14.3 Å². The maximum atomic E-state index is 12.6. The van der Waals surface area contributed by atoms with Crippen molar-refractivity contribution in [3.8, 4) is 0 Å². The van der Waals surface area contributed by atoms with Crippen molar-refractivity contribution >= 4 is 29.3 Å². The zero-order chi connectivity index (χ0) is 20.8. The van der Waals surface area contributed by atoms with Crippen LogP contribution < -0.4 is 10.2 Å². The highest BCUT2D eigenvalue weighted by Gasteiger charge is 2.26. The summed E-state index contributed by atoms with van der Waals surface area (Å²) in [5, 5.41) is 2.94. The quantitative estimate of drug-likeness (QED) is 0.789. The first-order chi connectivity index (χ1) is 13.9. The zero-order valence-corrected chi connectivity index (χ0v) is 17.2. The molecule has 3 rings (SSSR count). The van der Waals surface area contributed by atoms with Crippen LogP contribution in [0.15, 0.2) is 24.3 Å². The number of rotatable bonds is 6. The molecule has 1 N–H and O–H groups in total. The van der Waals surface area contributed by atoms with Crippen molar-refractivity contribution in [1.82, 2.24) is 9.80 Å². The molecule has 8 nitrogen and oxygen atoms in total. The number of carbonyl (C=O) groups is 3. The highest BCUT2D eigenvalue weighted by Crippen LogP contribution is 2.29. The van der Waals surface area contributed by atoms with Crippen LogP contribution in [-0.4, -0.2) is 73.6 Å². The molecule has 0 atom stereocenters. The number of piperazine rings is 1. The third kappa shape index (κ3) is 5.69. The molecule has 158 valence electrons.